The Morgan fingerprint density at radius 1 is 0.897 bits per heavy atom. The van der Waals surface area contributed by atoms with Gasteiger partial charge in [0.15, 0.2) is 0 Å². The molecular formula is C25H27NO2S. The molecular weight excluding hydrogens is 378 g/mol. The van der Waals surface area contributed by atoms with Crippen LogP contribution in [-0.2, 0) is 5.75 Å². The SMILES string of the molecule is Cc1ccc(OC[C@@H](C)NC(=O)c2ccc(CSc3ccc(C)cc3)cc2)cc1. The predicted molar refractivity (Wildman–Crippen MR) is 121 cm³/mol. The third-order valence-electron chi connectivity index (χ3n) is 4.54. The Bertz CT molecular complexity index is 919. The molecule has 0 aliphatic heterocycles. The number of aryl methyl sites for hydroxylation is 2. The van der Waals surface area contributed by atoms with Gasteiger partial charge in [0, 0.05) is 16.2 Å². The van der Waals surface area contributed by atoms with Gasteiger partial charge < -0.3 is 10.1 Å². The Morgan fingerprint density at radius 3 is 2.10 bits per heavy atom. The highest BCUT2D eigenvalue weighted by Gasteiger charge is 2.10. The minimum absolute atomic E-state index is 0.0808. The van der Waals surface area contributed by atoms with Gasteiger partial charge in [0.2, 0.25) is 0 Å². The van der Waals surface area contributed by atoms with E-state index in [-0.39, 0.29) is 11.9 Å². The van der Waals surface area contributed by atoms with Crippen molar-refractivity contribution in [2.24, 2.45) is 0 Å². The van der Waals surface area contributed by atoms with Gasteiger partial charge in [-0.25, -0.2) is 0 Å². The number of benzene rings is 3. The van der Waals surface area contributed by atoms with E-state index in [0.29, 0.717) is 12.2 Å². The number of ether oxygens (including phenoxy) is 1. The van der Waals surface area contributed by atoms with Gasteiger partial charge in [0.25, 0.3) is 5.91 Å². The molecule has 0 radical (unpaired) electrons. The largest absolute Gasteiger partial charge is 0.491 e. The lowest BCUT2D eigenvalue weighted by atomic mass is 10.1. The third-order valence-corrected chi connectivity index (χ3v) is 5.62. The number of thioether (sulfide) groups is 1. The Balaban J connectivity index is 1.46. The van der Waals surface area contributed by atoms with E-state index < -0.39 is 0 Å². The first kappa shape index (κ1) is 21.0. The van der Waals surface area contributed by atoms with Crippen LogP contribution in [0.25, 0.3) is 0 Å². The summed E-state index contributed by atoms with van der Waals surface area (Å²) in [5.74, 6) is 1.61. The van der Waals surface area contributed by atoms with Crippen molar-refractivity contribution in [1.29, 1.82) is 0 Å². The smallest absolute Gasteiger partial charge is 0.251 e. The molecule has 0 fully saturated rings. The number of carbonyl (C=O) groups is 1. The molecule has 1 amide bonds. The van der Waals surface area contributed by atoms with Crippen LogP contribution in [0, 0.1) is 13.8 Å². The van der Waals surface area contributed by atoms with Crippen molar-refractivity contribution in [3.63, 3.8) is 0 Å². The highest BCUT2D eigenvalue weighted by atomic mass is 32.2. The maximum Gasteiger partial charge on any atom is 0.251 e. The molecule has 0 saturated heterocycles. The average Bonchev–Trinajstić information content (AvgIpc) is 2.73. The number of hydrogen-bond donors (Lipinski definition) is 1. The number of amides is 1. The van der Waals surface area contributed by atoms with Crippen LogP contribution < -0.4 is 10.1 Å². The van der Waals surface area contributed by atoms with Crippen molar-refractivity contribution in [3.8, 4) is 5.75 Å². The molecule has 3 aromatic rings. The molecule has 3 nitrogen and oxygen atoms in total. The number of rotatable bonds is 8. The van der Waals surface area contributed by atoms with Crippen LogP contribution >= 0.6 is 11.8 Å². The lowest BCUT2D eigenvalue weighted by molar-refractivity contribution is 0.0926. The van der Waals surface area contributed by atoms with Crippen LogP contribution in [0.15, 0.2) is 77.7 Å². The van der Waals surface area contributed by atoms with Crippen LogP contribution in [0.2, 0.25) is 0 Å². The molecule has 1 atom stereocenters. The molecule has 29 heavy (non-hydrogen) atoms. The monoisotopic (exact) mass is 405 g/mol. The molecule has 0 heterocycles. The highest BCUT2D eigenvalue weighted by Crippen LogP contribution is 2.23. The molecule has 0 aromatic heterocycles. The number of carbonyl (C=O) groups excluding carboxylic acids is 1. The lowest BCUT2D eigenvalue weighted by Crippen LogP contribution is -2.36. The zero-order valence-corrected chi connectivity index (χ0v) is 18.0. The second-order valence-corrected chi connectivity index (χ2v) is 8.35. The summed E-state index contributed by atoms with van der Waals surface area (Å²) in [5.41, 5.74) is 4.32. The Kier molecular flexibility index (Phi) is 7.36. The van der Waals surface area contributed by atoms with E-state index in [0.717, 1.165) is 11.5 Å². The summed E-state index contributed by atoms with van der Waals surface area (Å²) in [4.78, 5) is 13.7. The fourth-order valence-corrected chi connectivity index (χ4v) is 3.61. The first-order chi connectivity index (χ1) is 14.0. The number of hydrogen-bond acceptors (Lipinski definition) is 3. The zero-order chi connectivity index (χ0) is 20.6. The summed E-state index contributed by atoms with van der Waals surface area (Å²) in [5, 5.41) is 2.99. The summed E-state index contributed by atoms with van der Waals surface area (Å²) < 4.78 is 5.74. The molecule has 150 valence electrons. The van der Waals surface area contributed by atoms with Crippen LogP contribution in [0.3, 0.4) is 0 Å². The molecule has 0 unspecified atom stereocenters. The average molecular weight is 406 g/mol. The highest BCUT2D eigenvalue weighted by molar-refractivity contribution is 7.98. The molecule has 1 N–H and O–H groups in total. The van der Waals surface area contributed by atoms with E-state index in [1.807, 2.05) is 62.4 Å². The van der Waals surface area contributed by atoms with Crippen molar-refractivity contribution in [3.05, 3.63) is 95.1 Å². The van der Waals surface area contributed by atoms with Crippen LogP contribution in [0.1, 0.15) is 34.0 Å². The van der Waals surface area contributed by atoms with Crippen molar-refractivity contribution in [2.75, 3.05) is 6.61 Å². The van der Waals surface area contributed by atoms with Crippen LogP contribution in [0.4, 0.5) is 0 Å². The van der Waals surface area contributed by atoms with Gasteiger partial charge in [-0.05, 0) is 62.7 Å². The maximum atomic E-state index is 12.5. The van der Waals surface area contributed by atoms with Crippen molar-refractivity contribution >= 4 is 17.7 Å². The standard InChI is InChI=1S/C25H27NO2S/c1-18-4-12-23(13-5-18)28-16-20(3)26-25(27)22-10-8-21(9-11-22)17-29-24-14-6-19(2)7-15-24/h4-15,20H,16-17H2,1-3H3,(H,26,27)/t20-/m1/s1. The molecule has 0 spiro atoms. The Hall–Kier alpha value is -2.72. The third kappa shape index (κ3) is 6.68. The molecule has 0 aliphatic carbocycles. The maximum absolute atomic E-state index is 12.5. The van der Waals surface area contributed by atoms with E-state index in [1.54, 1.807) is 11.8 Å². The van der Waals surface area contributed by atoms with Gasteiger partial charge >= 0.3 is 0 Å². The molecule has 3 aromatic carbocycles. The molecule has 0 aliphatic rings. The molecule has 4 heteroatoms. The van der Waals surface area contributed by atoms with Gasteiger partial charge in [-0.3, -0.25) is 4.79 Å². The van der Waals surface area contributed by atoms with Gasteiger partial charge in [0.1, 0.15) is 12.4 Å². The van der Waals surface area contributed by atoms with E-state index >= 15 is 0 Å². The van der Waals surface area contributed by atoms with Crippen molar-refractivity contribution < 1.29 is 9.53 Å². The summed E-state index contributed by atoms with van der Waals surface area (Å²) >= 11 is 1.80. The second kappa shape index (κ2) is 10.2. The fourth-order valence-electron chi connectivity index (χ4n) is 2.76. The van der Waals surface area contributed by atoms with Crippen LogP contribution in [0.5, 0.6) is 5.75 Å². The van der Waals surface area contributed by atoms with Gasteiger partial charge in [0.05, 0.1) is 6.04 Å². The molecule has 3 rings (SSSR count). The quantitative estimate of drug-likeness (QED) is 0.482. The topological polar surface area (TPSA) is 38.3 Å². The van der Waals surface area contributed by atoms with Gasteiger partial charge in [-0.1, -0.05) is 47.5 Å². The first-order valence-corrected chi connectivity index (χ1v) is 10.8. The Labute approximate surface area is 177 Å². The van der Waals surface area contributed by atoms with Crippen molar-refractivity contribution in [2.45, 2.75) is 37.5 Å². The fraction of sp³-hybridized carbons (Fsp3) is 0.240. The summed E-state index contributed by atoms with van der Waals surface area (Å²) in [6.45, 7) is 6.51. The van der Waals surface area contributed by atoms with E-state index in [9.17, 15) is 4.79 Å². The van der Waals surface area contributed by atoms with E-state index in [1.165, 1.54) is 21.6 Å². The Morgan fingerprint density at radius 2 is 1.48 bits per heavy atom. The summed E-state index contributed by atoms with van der Waals surface area (Å²) in [6, 6.07) is 24.2. The van der Waals surface area contributed by atoms with E-state index in [2.05, 4.69) is 36.5 Å². The normalized spacial score (nSPS) is 11.7. The summed E-state index contributed by atoms with van der Waals surface area (Å²) in [6.07, 6.45) is 0. The minimum Gasteiger partial charge on any atom is -0.491 e. The summed E-state index contributed by atoms with van der Waals surface area (Å²) in [7, 11) is 0. The first-order valence-electron chi connectivity index (χ1n) is 9.78. The van der Waals surface area contributed by atoms with Crippen molar-refractivity contribution in [1.82, 2.24) is 5.32 Å². The zero-order valence-electron chi connectivity index (χ0n) is 17.1. The molecule has 0 saturated carbocycles. The lowest BCUT2D eigenvalue weighted by Gasteiger charge is -2.15. The number of nitrogens with one attached hydrogen (secondary N) is 1. The van der Waals surface area contributed by atoms with E-state index in [4.69, 9.17) is 4.74 Å². The second-order valence-electron chi connectivity index (χ2n) is 7.30. The molecule has 0 bridgehead atoms. The minimum atomic E-state index is -0.0828. The van der Waals surface area contributed by atoms with Gasteiger partial charge in [-0.2, -0.15) is 0 Å². The van der Waals surface area contributed by atoms with Crippen LogP contribution in [-0.4, -0.2) is 18.6 Å². The van der Waals surface area contributed by atoms with Gasteiger partial charge in [-0.15, -0.1) is 11.8 Å². The predicted octanol–water partition coefficient (Wildman–Crippen LogP) is 5.79.